The van der Waals surface area contributed by atoms with Crippen molar-refractivity contribution in [1.29, 1.82) is 0 Å². The molecule has 8 heteroatoms. The van der Waals surface area contributed by atoms with Crippen LogP contribution >= 0.6 is 0 Å². The zero-order chi connectivity index (χ0) is 38.5. The van der Waals surface area contributed by atoms with E-state index in [-0.39, 0.29) is 11.4 Å². The smallest absolute Gasteiger partial charge is 0.254 e. The number of Topliss-reactive ketones (excluding diaryl/α,β-unsaturated/α-hetero) is 2. The molecule has 2 N–H and O–H groups in total. The van der Waals surface area contributed by atoms with Gasteiger partial charge in [-0.2, -0.15) is 0 Å². The van der Waals surface area contributed by atoms with Crippen LogP contribution in [0.4, 0.5) is 0 Å². The van der Waals surface area contributed by atoms with E-state index in [0.29, 0.717) is 39.2 Å². The first-order valence-corrected chi connectivity index (χ1v) is 18.3. The number of rotatable bonds is 6. The predicted octanol–water partition coefficient (Wildman–Crippen LogP) is 10.9. The van der Waals surface area contributed by atoms with E-state index in [0.717, 1.165) is 61.4 Å². The Kier molecular flexibility index (Phi) is 8.51. The first-order chi connectivity index (χ1) is 27.3. The molecule has 0 aliphatic carbocycles. The van der Waals surface area contributed by atoms with Crippen LogP contribution in [-0.4, -0.2) is 45.7 Å². The number of aryl methyl sites for hydroxylation is 2. The lowest BCUT2D eigenvalue weighted by molar-refractivity contribution is 0.0826. The molecular formula is C48H36N4O4. The number of aromatic nitrogens is 4. The molecule has 9 rings (SSSR count). The maximum absolute atomic E-state index is 14.4. The fourth-order valence-electron chi connectivity index (χ4n) is 7.66. The number of hydrogen-bond acceptors (Lipinski definition) is 6. The fourth-order valence-corrected chi connectivity index (χ4v) is 7.66. The van der Waals surface area contributed by atoms with Gasteiger partial charge in [-0.05, 0) is 96.8 Å². The summed E-state index contributed by atoms with van der Waals surface area (Å²) in [6.07, 6.45) is 4.07. The number of ether oxygens (including phenoxy) is 2. The van der Waals surface area contributed by atoms with Gasteiger partial charge in [-0.25, -0.2) is 9.97 Å². The number of nitrogens with zero attached hydrogens (tertiary/aromatic N) is 2. The lowest BCUT2D eigenvalue weighted by atomic mass is 9.98. The summed E-state index contributed by atoms with van der Waals surface area (Å²) in [6, 6.07) is 39.3. The van der Waals surface area contributed by atoms with Gasteiger partial charge in [-0.15, -0.1) is 0 Å². The largest absolute Gasteiger partial charge is 0.497 e. The van der Waals surface area contributed by atoms with E-state index in [2.05, 4.69) is 35.1 Å². The monoisotopic (exact) mass is 732 g/mol. The number of nitrogens with one attached hydrogen (secondary N) is 2. The van der Waals surface area contributed by atoms with Crippen molar-refractivity contribution in [3.05, 3.63) is 155 Å². The van der Waals surface area contributed by atoms with Gasteiger partial charge in [0.25, 0.3) is 11.6 Å². The molecule has 5 heterocycles. The lowest BCUT2D eigenvalue weighted by Gasteiger charge is -2.08. The highest BCUT2D eigenvalue weighted by Gasteiger charge is 2.34. The highest BCUT2D eigenvalue weighted by molar-refractivity contribution is 6.52. The predicted molar refractivity (Wildman–Crippen MR) is 223 cm³/mol. The zero-order valence-corrected chi connectivity index (χ0v) is 31.2. The van der Waals surface area contributed by atoms with Gasteiger partial charge in [0.2, 0.25) is 0 Å². The minimum absolute atomic E-state index is 0.0411. The molecule has 4 aromatic carbocycles. The Morgan fingerprint density at radius 2 is 0.821 bits per heavy atom. The van der Waals surface area contributed by atoms with Gasteiger partial charge >= 0.3 is 0 Å². The number of ketones is 2. The zero-order valence-electron chi connectivity index (χ0n) is 31.2. The normalized spacial score (nSPS) is 12.3. The molecule has 8 nitrogen and oxygen atoms in total. The molecule has 0 atom stereocenters. The van der Waals surface area contributed by atoms with E-state index in [1.54, 1.807) is 14.2 Å². The van der Waals surface area contributed by atoms with Crippen LogP contribution in [0.3, 0.4) is 0 Å². The minimum Gasteiger partial charge on any atom is -0.497 e. The second kappa shape index (κ2) is 13.8. The third-order valence-electron chi connectivity index (χ3n) is 10.3. The molecule has 272 valence electrons. The van der Waals surface area contributed by atoms with Crippen molar-refractivity contribution in [3.8, 4) is 56.0 Å². The van der Waals surface area contributed by atoms with Crippen LogP contribution in [0.15, 0.2) is 121 Å². The first kappa shape index (κ1) is 34.4. The Hall–Kier alpha value is -7.32. The molecule has 0 spiro atoms. The average Bonchev–Trinajstić information content (AvgIpc) is 4.04. The van der Waals surface area contributed by atoms with Crippen molar-refractivity contribution in [3.63, 3.8) is 0 Å². The van der Waals surface area contributed by atoms with Gasteiger partial charge < -0.3 is 19.4 Å². The van der Waals surface area contributed by atoms with Crippen LogP contribution in [0.5, 0.6) is 11.5 Å². The average molecular weight is 733 g/mol. The number of benzene rings is 4. The lowest BCUT2D eigenvalue weighted by Crippen LogP contribution is -2.09. The summed E-state index contributed by atoms with van der Waals surface area (Å²) in [4.78, 5) is 46.3. The SMILES string of the molecule is COc1cccc(-c2c3nc(c(-c4cccc(C)c4)c4ccc([nH]4)c(-c4cccc(C)c4)c4nc(c(-c5cccc(OC)c5)c5ccc2[nH]5)C(=O)C4=O)C=C3)c1. The van der Waals surface area contributed by atoms with Crippen LogP contribution < -0.4 is 9.47 Å². The Morgan fingerprint density at radius 1 is 0.446 bits per heavy atom. The molecule has 0 saturated carbocycles. The highest BCUT2D eigenvalue weighted by atomic mass is 16.5. The van der Waals surface area contributed by atoms with Crippen molar-refractivity contribution in [2.75, 3.05) is 14.2 Å². The molecule has 2 aliphatic rings. The highest BCUT2D eigenvalue weighted by Crippen LogP contribution is 2.39. The molecule has 56 heavy (non-hydrogen) atoms. The third kappa shape index (κ3) is 5.97. The van der Waals surface area contributed by atoms with Crippen LogP contribution in [0.25, 0.3) is 78.7 Å². The summed E-state index contributed by atoms with van der Waals surface area (Å²) in [7, 11) is 3.24. The summed E-state index contributed by atoms with van der Waals surface area (Å²) in [6.45, 7) is 4.06. The molecule has 8 bridgehead atoms. The number of hydrogen-bond donors (Lipinski definition) is 2. The Balaban J connectivity index is 1.51. The fraction of sp³-hybridized carbons (Fsp3) is 0.0833. The number of carbonyl (C=O) groups is 2. The number of fused-ring (bicyclic) bond motifs is 8. The summed E-state index contributed by atoms with van der Waals surface area (Å²) in [5.41, 5.74) is 12.5. The molecule has 0 unspecified atom stereocenters. The molecule has 2 aliphatic heterocycles. The molecular weight excluding hydrogens is 697 g/mol. The Bertz CT molecular complexity index is 2970. The van der Waals surface area contributed by atoms with Gasteiger partial charge in [0.05, 0.1) is 25.6 Å². The van der Waals surface area contributed by atoms with Gasteiger partial charge in [0.15, 0.2) is 0 Å². The summed E-state index contributed by atoms with van der Waals surface area (Å²) >= 11 is 0. The van der Waals surface area contributed by atoms with Crippen molar-refractivity contribution < 1.29 is 19.1 Å². The van der Waals surface area contributed by atoms with Crippen LogP contribution in [0.2, 0.25) is 0 Å². The minimum atomic E-state index is -0.693. The van der Waals surface area contributed by atoms with Crippen molar-refractivity contribution in [2.24, 2.45) is 0 Å². The molecule has 0 fully saturated rings. The van der Waals surface area contributed by atoms with Crippen molar-refractivity contribution in [2.45, 2.75) is 13.8 Å². The summed E-state index contributed by atoms with van der Waals surface area (Å²) < 4.78 is 11.3. The Labute approximate surface area is 323 Å². The van der Waals surface area contributed by atoms with E-state index in [4.69, 9.17) is 19.4 Å². The van der Waals surface area contributed by atoms with E-state index >= 15 is 0 Å². The van der Waals surface area contributed by atoms with E-state index in [1.807, 2.05) is 122 Å². The van der Waals surface area contributed by atoms with Crippen LogP contribution in [-0.2, 0) is 0 Å². The second-order valence-electron chi connectivity index (χ2n) is 14.0. The molecule has 0 amide bonds. The second-order valence-corrected chi connectivity index (χ2v) is 14.0. The van der Waals surface area contributed by atoms with Gasteiger partial charge in [-0.3, -0.25) is 9.59 Å². The van der Waals surface area contributed by atoms with Crippen LogP contribution in [0.1, 0.15) is 43.5 Å². The quantitative estimate of drug-likeness (QED) is 0.165. The summed E-state index contributed by atoms with van der Waals surface area (Å²) in [5.74, 6) is -0.0821. The van der Waals surface area contributed by atoms with Crippen molar-refractivity contribution in [1.82, 2.24) is 19.9 Å². The maximum Gasteiger partial charge on any atom is 0.254 e. The standard InChI is InChI=1S/C48H36N4O4/c1-27-9-5-11-29(23-27)41-35-17-18-37(49-35)42(31-13-7-15-33(25-31)55-3)38-20-22-40(51-38)44(32-14-8-16-34(26-32)56-4)46-48(54)47(53)45(52-46)43(39-21-19-36(41)50-39)30-12-6-10-28(2)24-30/h5-26,50-51H,1-4H3. The van der Waals surface area contributed by atoms with Crippen LogP contribution in [0, 0.1) is 13.8 Å². The molecule has 0 saturated heterocycles. The molecule has 3 aromatic heterocycles. The van der Waals surface area contributed by atoms with E-state index in [1.165, 1.54) is 0 Å². The topological polar surface area (TPSA) is 110 Å². The molecule has 7 aromatic rings. The number of aromatic amines is 2. The number of carbonyl (C=O) groups excluding carboxylic acids is 2. The number of methoxy groups -OCH3 is 2. The first-order valence-electron chi connectivity index (χ1n) is 18.3. The summed E-state index contributed by atoms with van der Waals surface area (Å²) in [5, 5.41) is 0. The van der Waals surface area contributed by atoms with Crippen molar-refractivity contribution >= 4 is 45.8 Å². The third-order valence-corrected chi connectivity index (χ3v) is 10.3. The van der Waals surface area contributed by atoms with E-state index < -0.39 is 11.6 Å². The van der Waals surface area contributed by atoms with E-state index in [9.17, 15) is 9.59 Å². The Morgan fingerprint density at radius 3 is 1.25 bits per heavy atom. The van der Waals surface area contributed by atoms with Gasteiger partial charge in [0.1, 0.15) is 22.9 Å². The van der Waals surface area contributed by atoms with Gasteiger partial charge in [-0.1, -0.05) is 83.9 Å². The number of H-pyrrole nitrogens is 2. The van der Waals surface area contributed by atoms with Gasteiger partial charge in [0, 0.05) is 44.3 Å². The molecule has 0 radical (unpaired) electrons. The maximum atomic E-state index is 14.4.